The van der Waals surface area contributed by atoms with E-state index in [4.69, 9.17) is 4.74 Å². The number of allylic oxidation sites excluding steroid dienone is 9. The maximum atomic E-state index is 12.2. The molecule has 1 atom stereocenters. The molecule has 0 saturated heterocycles. The predicted octanol–water partition coefficient (Wildman–Crippen LogP) is 8.36. The first-order valence-corrected chi connectivity index (χ1v) is 21.6. The van der Waals surface area contributed by atoms with E-state index >= 15 is 0 Å². The number of ether oxygens (including phenoxy) is 1. The Morgan fingerprint density at radius 3 is 2.31 bits per heavy atom. The summed E-state index contributed by atoms with van der Waals surface area (Å²) in [7, 11) is -8.80. The maximum Gasteiger partial charge on any atom is 0.303 e. The highest BCUT2D eigenvalue weighted by Crippen LogP contribution is 2.48. The van der Waals surface area contributed by atoms with E-state index in [2.05, 4.69) is 77.7 Å². The summed E-state index contributed by atoms with van der Waals surface area (Å²) in [5.74, 6) is 0.167. The summed E-state index contributed by atoms with van der Waals surface area (Å²) in [4.78, 5) is 13.6. The molecule has 0 amide bonds. The van der Waals surface area contributed by atoms with Crippen LogP contribution in [0.25, 0.3) is 11.1 Å². The Bertz CT molecular complexity index is 2300. The van der Waals surface area contributed by atoms with Crippen LogP contribution in [0.3, 0.4) is 0 Å². The number of carboxylic acid groups (broad SMARTS) is 1. The molecule has 2 aromatic carbocycles. The molecule has 0 aromatic heterocycles. The van der Waals surface area contributed by atoms with Gasteiger partial charge in [-0.15, -0.1) is 0 Å². The Balaban J connectivity index is 1.58. The zero-order chi connectivity index (χ0) is 40.7. The lowest BCUT2D eigenvalue weighted by Crippen LogP contribution is -2.45. The van der Waals surface area contributed by atoms with Crippen LogP contribution < -0.4 is 9.64 Å². The largest absolute Gasteiger partial charge is 0.481 e. The molecule has 0 bridgehead atoms. The van der Waals surface area contributed by atoms with Crippen molar-refractivity contribution in [2.24, 2.45) is 5.41 Å². The Labute approximate surface area is 325 Å². The lowest BCUT2D eigenvalue weighted by Gasteiger charge is -2.43. The fraction of sp³-hybridized carbons (Fsp3) is 0.429. The van der Waals surface area contributed by atoms with Crippen molar-refractivity contribution < 1.29 is 45.2 Å². The van der Waals surface area contributed by atoms with Crippen LogP contribution >= 0.6 is 0 Å². The van der Waals surface area contributed by atoms with Gasteiger partial charge in [0.05, 0.1) is 21.6 Å². The quantitative estimate of drug-likeness (QED) is 0.102. The Morgan fingerprint density at radius 2 is 1.69 bits per heavy atom. The van der Waals surface area contributed by atoms with E-state index in [9.17, 15) is 35.8 Å². The second kappa shape index (κ2) is 15.3. The molecular formula is C42H53N2O9S2+. The third-order valence-electron chi connectivity index (χ3n) is 10.6. The minimum Gasteiger partial charge on any atom is -0.481 e. The minimum atomic E-state index is -4.56. The minimum absolute atomic E-state index is 0.0681. The Hall–Kier alpha value is -4.30. The first kappa shape index (κ1) is 41.9. The number of hydrogen-bond acceptors (Lipinski definition) is 7. The average molecular weight is 794 g/mol. The fourth-order valence-corrected chi connectivity index (χ4v) is 8.93. The molecule has 3 heterocycles. The Kier molecular flexibility index (Phi) is 11.7. The van der Waals surface area contributed by atoms with E-state index in [1.807, 2.05) is 41.9 Å². The highest BCUT2D eigenvalue weighted by molar-refractivity contribution is 7.86. The lowest BCUT2D eigenvalue weighted by molar-refractivity contribution is -0.437. The third kappa shape index (κ3) is 9.06. The molecule has 55 heavy (non-hydrogen) atoms. The number of carbonyl (C=O) groups is 1. The third-order valence-corrected chi connectivity index (χ3v) is 12.2. The summed E-state index contributed by atoms with van der Waals surface area (Å²) >= 11 is 0. The molecule has 2 aromatic rings. The van der Waals surface area contributed by atoms with E-state index in [-0.39, 0.29) is 41.7 Å². The van der Waals surface area contributed by atoms with Gasteiger partial charge in [-0.2, -0.15) is 21.4 Å². The number of aliphatic carboxylic acids is 1. The first-order chi connectivity index (χ1) is 25.5. The van der Waals surface area contributed by atoms with Gasteiger partial charge in [0, 0.05) is 65.4 Å². The predicted molar refractivity (Wildman–Crippen MR) is 218 cm³/mol. The van der Waals surface area contributed by atoms with Crippen molar-refractivity contribution in [1.82, 2.24) is 0 Å². The molecule has 3 aliphatic rings. The van der Waals surface area contributed by atoms with Gasteiger partial charge in [-0.1, -0.05) is 51.2 Å². The van der Waals surface area contributed by atoms with Crippen LogP contribution in [0.4, 0.5) is 11.4 Å². The van der Waals surface area contributed by atoms with Crippen molar-refractivity contribution in [3.8, 4) is 5.75 Å². The van der Waals surface area contributed by atoms with E-state index in [1.54, 1.807) is 6.07 Å². The van der Waals surface area contributed by atoms with Crippen LogP contribution in [-0.2, 0) is 30.4 Å². The lowest BCUT2D eigenvalue weighted by atomic mass is 9.75. The molecule has 0 saturated carbocycles. The van der Waals surface area contributed by atoms with Gasteiger partial charge in [-0.25, -0.2) is 0 Å². The van der Waals surface area contributed by atoms with Gasteiger partial charge in [0.25, 0.3) is 20.2 Å². The van der Waals surface area contributed by atoms with Crippen LogP contribution in [0, 0.1) is 5.41 Å². The molecule has 0 radical (unpaired) electrons. The van der Waals surface area contributed by atoms with E-state index in [0.29, 0.717) is 23.4 Å². The maximum absolute atomic E-state index is 12.2. The summed E-state index contributed by atoms with van der Waals surface area (Å²) in [6.07, 6.45) is 14.4. The molecule has 5 rings (SSSR count). The molecule has 3 N–H and O–H groups in total. The number of hydrogen-bond donors (Lipinski definition) is 3. The number of anilines is 1. The summed E-state index contributed by atoms with van der Waals surface area (Å²) < 4.78 is 75.4. The van der Waals surface area contributed by atoms with Crippen molar-refractivity contribution in [3.05, 3.63) is 95.3 Å². The fourth-order valence-electron chi connectivity index (χ4n) is 7.93. The van der Waals surface area contributed by atoms with Crippen LogP contribution in [0.5, 0.6) is 5.75 Å². The number of carboxylic acids is 1. The van der Waals surface area contributed by atoms with Gasteiger partial charge in [0.1, 0.15) is 18.1 Å². The molecule has 0 spiro atoms. The summed E-state index contributed by atoms with van der Waals surface area (Å²) in [5.41, 5.74) is 5.95. The van der Waals surface area contributed by atoms with Crippen molar-refractivity contribution >= 4 is 54.4 Å². The number of fused-ring (bicyclic) bond motifs is 3. The molecule has 1 unspecified atom stereocenters. The van der Waals surface area contributed by atoms with Gasteiger partial charge in [-0.3, -0.25) is 13.9 Å². The number of nitrogens with zero attached hydrogens (tertiary/aromatic N) is 2. The molecule has 11 nitrogen and oxygen atoms in total. The summed E-state index contributed by atoms with van der Waals surface area (Å²) in [6, 6.07) is 8.56. The van der Waals surface area contributed by atoms with Crippen LogP contribution in [0.2, 0.25) is 0 Å². The van der Waals surface area contributed by atoms with Crippen LogP contribution in [-0.4, -0.2) is 71.7 Å². The number of benzene rings is 2. The molecule has 0 fully saturated rings. The second-order valence-electron chi connectivity index (χ2n) is 16.2. The monoisotopic (exact) mass is 793 g/mol. The van der Waals surface area contributed by atoms with Gasteiger partial charge >= 0.3 is 5.97 Å². The molecule has 3 aliphatic heterocycles. The van der Waals surface area contributed by atoms with Crippen LogP contribution in [0.1, 0.15) is 97.8 Å². The SMILES string of the molecule is CCN1c2cc3c(cc2C(C)=CC1(C)C)/C(=C/C=C/C=C/C1=[N+](CCCS(=O)(=O)O)c2ccc(S(=O)(=O)O)cc2C1(C)CCCC(=O)O)C=C(C(C)(C)C)O3. The van der Waals surface area contributed by atoms with Crippen molar-refractivity contribution in [3.63, 3.8) is 0 Å². The van der Waals surface area contributed by atoms with E-state index < -0.39 is 37.4 Å². The highest BCUT2D eigenvalue weighted by atomic mass is 32.2. The molecule has 0 aliphatic carbocycles. The number of rotatable bonds is 13. The first-order valence-electron chi connectivity index (χ1n) is 18.5. The average Bonchev–Trinajstić information content (AvgIpc) is 3.28. The summed E-state index contributed by atoms with van der Waals surface area (Å²) in [6.45, 7) is 17.9. The van der Waals surface area contributed by atoms with E-state index in [0.717, 1.165) is 40.4 Å². The zero-order valence-corrected chi connectivity index (χ0v) is 34.5. The highest BCUT2D eigenvalue weighted by Gasteiger charge is 2.48. The standard InChI is InChI=1S/C42H52N2O9S2/c1-9-44-35-26-36-32(25-31(35)28(2)27-41(44,6)7)29(23-38(53-36)40(3,4)5)15-11-10-12-16-37-42(8,20-13-17-39(45)46)33-24-30(55(50,51)52)18-19-34(33)43(37)21-14-22-54(47,48)49/h10-12,15-16,18-19,23-27H,9,13-14,17,20-22H2,1-8H3,(H2-,45,46,47,48,49,50,51,52)/p+1. The number of likely N-dealkylation sites (N-methyl/N-ethyl adjacent to an activating group) is 1. The van der Waals surface area contributed by atoms with E-state index in [1.165, 1.54) is 17.7 Å². The smallest absolute Gasteiger partial charge is 0.303 e. The van der Waals surface area contributed by atoms with Gasteiger partial charge in [0.2, 0.25) is 5.69 Å². The second-order valence-corrected chi connectivity index (χ2v) is 19.2. The van der Waals surface area contributed by atoms with Crippen molar-refractivity contribution in [1.29, 1.82) is 0 Å². The van der Waals surface area contributed by atoms with Gasteiger partial charge in [-0.05, 0) is 82.9 Å². The van der Waals surface area contributed by atoms with Gasteiger partial charge < -0.3 is 14.7 Å². The normalized spacial score (nSPS) is 20.4. The Morgan fingerprint density at radius 1 is 0.982 bits per heavy atom. The topological polar surface area (TPSA) is 162 Å². The van der Waals surface area contributed by atoms with Crippen molar-refractivity contribution in [2.75, 3.05) is 23.7 Å². The van der Waals surface area contributed by atoms with Crippen molar-refractivity contribution in [2.45, 2.75) is 96.9 Å². The van der Waals surface area contributed by atoms with Crippen LogP contribution in [0.15, 0.2) is 83.5 Å². The summed E-state index contributed by atoms with van der Waals surface area (Å²) in [5, 5.41) is 9.42. The molecular weight excluding hydrogens is 741 g/mol. The molecule has 13 heteroatoms. The molecule has 296 valence electrons. The van der Waals surface area contributed by atoms with Gasteiger partial charge in [0.15, 0.2) is 5.71 Å². The zero-order valence-electron chi connectivity index (χ0n) is 32.9.